The van der Waals surface area contributed by atoms with Gasteiger partial charge in [0.05, 0.1) is 10.6 Å². The molecule has 2 aromatic rings. The lowest BCUT2D eigenvalue weighted by Gasteiger charge is -2.02. The number of carboxylic acids is 1. The lowest BCUT2D eigenvalue weighted by Crippen LogP contribution is -1.94. The first-order chi connectivity index (χ1) is 9.88. The Kier molecular flexibility index (Phi) is 4.81. The number of aromatic carboxylic acids is 1. The zero-order valence-corrected chi connectivity index (χ0v) is 13.1. The van der Waals surface area contributed by atoms with Crippen molar-refractivity contribution in [3.63, 3.8) is 0 Å². The van der Waals surface area contributed by atoms with Crippen molar-refractivity contribution in [3.8, 4) is 0 Å². The van der Waals surface area contributed by atoms with Crippen LogP contribution in [0.3, 0.4) is 0 Å². The molecule has 110 valence electrons. The van der Waals surface area contributed by atoms with Crippen LogP contribution >= 0.6 is 34.7 Å². The van der Waals surface area contributed by atoms with Crippen LogP contribution in [0.1, 0.15) is 20.9 Å². The fraction of sp³-hybridized carbons (Fsp3) is 0.167. The third-order valence-electron chi connectivity index (χ3n) is 2.56. The summed E-state index contributed by atoms with van der Waals surface area (Å²) in [6.07, 6.45) is 0. The molecule has 1 aromatic heterocycles. The number of nitrogens with zero attached hydrogens (tertiary/aromatic N) is 2. The largest absolute Gasteiger partial charge is 0.477 e. The molecule has 0 aliphatic carbocycles. The van der Waals surface area contributed by atoms with Crippen LogP contribution in [0.5, 0.6) is 0 Å². The van der Waals surface area contributed by atoms with Crippen LogP contribution < -0.4 is 0 Å². The third kappa shape index (κ3) is 3.72. The van der Waals surface area contributed by atoms with Crippen LogP contribution in [0, 0.1) is 17.0 Å². The maximum absolute atomic E-state index is 11.0. The molecule has 0 radical (unpaired) electrons. The number of rotatable bonds is 5. The molecular weight excluding hydrogens is 336 g/mol. The Balaban J connectivity index is 2.20. The molecule has 0 fully saturated rings. The van der Waals surface area contributed by atoms with E-state index in [2.05, 4.69) is 4.98 Å². The molecule has 6 nitrogen and oxygen atoms in total. The van der Waals surface area contributed by atoms with Gasteiger partial charge in [0.15, 0.2) is 4.34 Å². The van der Waals surface area contributed by atoms with Crippen molar-refractivity contribution in [3.05, 3.63) is 49.5 Å². The lowest BCUT2D eigenvalue weighted by atomic mass is 10.2. The second-order valence-electron chi connectivity index (χ2n) is 4.02. The van der Waals surface area contributed by atoms with Crippen LogP contribution in [0.2, 0.25) is 5.02 Å². The monoisotopic (exact) mass is 344 g/mol. The highest BCUT2D eigenvalue weighted by atomic mass is 35.5. The van der Waals surface area contributed by atoms with E-state index in [4.69, 9.17) is 16.7 Å². The molecule has 0 saturated heterocycles. The van der Waals surface area contributed by atoms with E-state index >= 15 is 0 Å². The van der Waals surface area contributed by atoms with Crippen LogP contribution in [0.4, 0.5) is 5.69 Å². The van der Waals surface area contributed by atoms with Crippen LogP contribution in [-0.4, -0.2) is 21.0 Å². The summed E-state index contributed by atoms with van der Waals surface area (Å²) in [5, 5.41) is 20.3. The van der Waals surface area contributed by atoms with Gasteiger partial charge in [0.25, 0.3) is 5.69 Å². The minimum absolute atomic E-state index is 0.0152. The van der Waals surface area contributed by atoms with Gasteiger partial charge < -0.3 is 5.11 Å². The van der Waals surface area contributed by atoms with Crippen molar-refractivity contribution in [1.82, 2.24) is 4.98 Å². The number of carbonyl (C=O) groups is 1. The van der Waals surface area contributed by atoms with Gasteiger partial charge in [-0.3, -0.25) is 10.1 Å². The average Bonchev–Trinajstić information content (AvgIpc) is 2.77. The molecule has 0 spiro atoms. The van der Waals surface area contributed by atoms with Gasteiger partial charge in [-0.15, -0.1) is 11.3 Å². The number of aryl methyl sites for hydroxylation is 1. The number of thioether (sulfide) groups is 1. The molecule has 1 heterocycles. The van der Waals surface area contributed by atoms with E-state index in [0.717, 1.165) is 11.3 Å². The number of hydrogen-bond donors (Lipinski definition) is 1. The van der Waals surface area contributed by atoms with Crippen LogP contribution in [0.25, 0.3) is 0 Å². The standard InChI is InChI=1S/C12H9ClN2O4S2/c1-6-10(11(16)17)21-12(14-6)20-5-7-4-8(13)2-3-9(7)15(18)19/h2-4H,5H2,1H3,(H,16,17). The fourth-order valence-electron chi connectivity index (χ4n) is 1.62. The Morgan fingerprint density at radius 2 is 2.29 bits per heavy atom. The van der Waals surface area contributed by atoms with Gasteiger partial charge in [0.1, 0.15) is 4.88 Å². The van der Waals surface area contributed by atoms with Crippen molar-refractivity contribution in [2.75, 3.05) is 0 Å². The second kappa shape index (κ2) is 6.42. The molecule has 0 saturated carbocycles. The first-order valence-electron chi connectivity index (χ1n) is 5.65. The van der Waals surface area contributed by atoms with Crippen LogP contribution in [0.15, 0.2) is 22.5 Å². The van der Waals surface area contributed by atoms with Gasteiger partial charge in [0, 0.05) is 22.4 Å². The molecule has 9 heteroatoms. The highest BCUT2D eigenvalue weighted by molar-refractivity contribution is 8.00. The Labute approximate surface area is 132 Å². The molecule has 2 rings (SSSR count). The van der Waals surface area contributed by atoms with Crippen molar-refractivity contribution >= 4 is 46.4 Å². The number of nitro benzene ring substituents is 1. The minimum Gasteiger partial charge on any atom is -0.477 e. The molecule has 0 aliphatic rings. The summed E-state index contributed by atoms with van der Waals surface area (Å²) in [5.41, 5.74) is 0.899. The summed E-state index contributed by atoms with van der Waals surface area (Å²) in [5.74, 6) is -0.728. The number of thiazole rings is 1. The molecule has 1 aromatic carbocycles. The number of halogens is 1. The predicted molar refractivity (Wildman–Crippen MR) is 81.5 cm³/mol. The zero-order valence-electron chi connectivity index (χ0n) is 10.7. The normalized spacial score (nSPS) is 10.6. The van der Waals surface area contributed by atoms with Gasteiger partial charge in [-0.25, -0.2) is 9.78 Å². The third-order valence-corrected chi connectivity index (χ3v) is 5.13. The minimum atomic E-state index is -1.02. The Hall–Kier alpha value is -1.64. The van der Waals surface area contributed by atoms with E-state index in [1.807, 2.05) is 0 Å². The van der Waals surface area contributed by atoms with Crippen molar-refractivity contribution in [2.24, 2.45) is 0 Å². The number of carboxylic acid groups (broad SMARTS) is 1. The predicted octanol–water partition coefficient (Wildman–Crippen LogP) is 4.00. The summed E-state index contributed by atoms with van der Waals surface area (Å²) in [6.45, 7) is 1.62. The molecule has 0 atom stereocenters. The summed E-state index contributed by atoms with van der Waals surface area (Å²) in [4.78, 5) is 25.8. The number of benzene rings is 1. The zero-order chi connectivity index (χ0) is 15.6. The fourth-order valence-corrected chi connectivity index (χ4v) is 3.83. The summed E-state index contributed by atoms with van der Waals surface area (Å²) >= 11 is 8.15. The summed E-state index contributed by atoms with van der Waals surface area (Å²) in [7, 11) is 0. The van der Waals surface area contributed by atoms with Gasteiger partial charge in [0.2, 0.25) is 0 Å². The molecule has 0 aliphatic heterocycles. The number of aromatic nitrogens is 1. The lowest BCUT2D eigenvalue weighted by molar-refractivity contribution is -0.385. The first kappa shape index (κ1) is 15.7. The Morgan fingerprint density at radius 3 is 2.86 bits per heavy atom. The summed E-state index contributed by atoms with van der Waals surface area (Å²) < 4.78 is 0.555. The first-order valence-corrected chi connectivity index (χ1v) is 7.83. The number of hydrogen-bond acceptors (Lipinski definition) is 6. The Morgan fingerprint density at radius 1 is 1.57 bits per heavy atom. The quantitative estimate of drug-likeness (QED) is 0.500. The van der Waals surface area contributed by atoms with Crippen LogP contribution in [-0.2, 0) is 5.75 Å². The van der Waals surface area contributed by atoms with Crippen molar-refractivity contribution in [2.45, 2.75) is 17.0 Å². The Bertz CT molecular complexity index is 717. The molecule has 0 bridgehead atoms. The van der Waals surface area contributed by atoms with Crippen molar-refractivity contribution < 1.29 is 14.8 Å². The van der Waals surface area contributed by atoms with E-state index in [9.17, 15) is 14.9 Å². The molecular formula is C12H9ClN2O4S2. The van der Waals surface area contributed by atoms with E-state index in [0.29, 0.717) is 26.4 Å². The average molecular weight is 345 g/mol. The van der Waals surface area contributed by atoms with E-state index in [-0.39, 0.29) is 10.6 Å². The van der Waals surface area contributed by atoms with E-state index in [1.54, 1.807) is 6.92 Å². The SMILES string of the molecule is Cc1nc(SCc2cc(Cl)ccc2[N+](=O)[O-])sc1C(=O)O. The molecule has 0 unspecified atom stereocenters. The highest BCUT2D eigenvalue weighted by Crippen LogP contribution is 2.33. The maximum Gasteiger partial charge on any atom is 0.347 e. The van der Waals surface area contributed by atoms with Gasteiger partial charge in [-0.1, -0.05) is 23.4 Å². The molecule has 21 heavy (non-hydrogen) atoms. The number of nitro groups is 1. The maximum atomic E-state index is 11.0. The molecule has 1 N–H and O–H groups in total. The topological polar surface area (TPSA) is 93.3 Å². The highest BCUT2D eigenvalue weighted by Gasteiger charge is 2.17. The van der Waals surface area contributed by atoms with Gasteiger partial charge in [-0.2, -0.15) is 0 Å². The van der Waals surface area contributed by atoms with Crippen molar-refractivity contribution in [1.29, 1.82) is 0 Å². The van der Waals surface area contributed by atoms with E-state index in [1.165, 1.54) is 30.0 Å². The van der Waals surface area contributed by atoms with Gasteiger partial charge >= 0.3 is 5.97 Å². The summed E-state index contributed by atoms with van der Waals surface area (Å²) in [6, 6.07) is 4.35. The van der Waals surface area contributed by atoms with E-state index < -0.39 is 10.9 Å². The molecule has 0 amide bonds. The smallest absolute Gasteiger partial charge is 0.347 e. The van der Waals surface area contributed by atoms with Gasteiger partial charge in [-0.05, 0) is 19.1 Å². The second-order valence-corrected chi connectivity index (χ2v) is 6.68.